The summed E-state index contributed by atoms with van der Waals surface area (Å²) < 4.78 is 56.9. The van der Waals surface area contributed by atoms with E-state index in [4.69, 9.17) is 10.5 Å². The summed E-state index contributed by atoms with van der Waals surface area (Å²) in [6, 6.07) is 4.70. The Morgan fingerprint density at radius 3 is 2.65 bits per heavy atom. The highest BCUT2D eigenvalue weighted by Crippen LogP contribution is 2.43. The van der Waals surface area contributed by atoms with Gasteiger partial charge in [-0.1, -0.05) is 18.2 Å². The third-order valence-corrected chi connectivity index (χ3v) is 3.65. The Bertz CT molecular complexity index is 480. The van der Waals surface area contributed by atoms with Gasteiger partial charge in [-0.3, -0.25) is 0 Å². The number of benzene rings is 1. The van der Waals surface area contributed by atoms with Gasteiger partial charge in [0, 0.05) is 17.5 Å². The number of nitrogens with two attached hydrogens (primary N) is 1. The summed E-state index contributed by atoms with van der Waals surface area (Å²) >= 11 is 0. The third kappa shape index (κ3) is 2.65. The Balaban J connectivity index is 2.16. The molecule has 0 aromatic heterocycles. The van der Waals surface area contributed by atoms with E-state index in [-0.39, 0.29) is 18.6 Å². The SMILES string of the molecule is NC(C[C@H]1COC[C@]1(O)C(F)(F)F)c1ccccc1F. The maximum atomic E-state index is 13.5. The Labute approximate surface area is 113 Å². The van der Waals surface area contributed by atoms with Crippen molar-refractivity contribution in [2.45, 2.75) is 24.2 Å². The molecule has 1 aliphatic heterocycles. The lowest BCUT2D eigenvalue weighted by atomic mass is 9.83. The fourth-order valence-corrected chi connectivity index (χ4v) is 2.40. The second-order valence-electron chi connectivity index (χ2n) is 5.00. The van der Waals surface area contributed by atoms with Crippen LogP contribution < -0.4 is 5.73 Å². The average Bonchev–Trinajstić information content (AvgIpc) is 2.72. The largest absolute Gasteiger partial charge is 0.419 e. The minimum Gasteiger partial charge on any atom is -0.378 e. The van der Waals surface area contributed by atoms with E-state index in [1.54, 1.807) is 6.07 Å². The van der Waals surface area contributed by atoms with Crippen LogP contribution in [0.25, 0.3) is 0 Å². The molecule has 20 heavy (non-hydrogen) atoms. The van der Waals surface area contributed by atoms with Crippen molar-refractivity contribution in [3.63, 3.8) is 0 Å². The van der Waals surface area contributed by atoms with Crippen LogP contribution in [-0.2, 0) is 4.74 Å². The number of halogens is 4. The van der Waals surface area contributed by atoms with E-state index in [0.717, 1.165) is 0 Å². The van der Waals surface area contributed by atoms with Crippen LogP contribution in [0.3, 0.4) is 0 Å². The zero-order valence-corrected chi connectivity index (χ0v) is 10.5. The maximum absolute atomic E-state index is 13.5. The fourth-order valence-electron chi connectivity index (χ4n) is 2.40. The van der Waals surface area contributed by atoms with Crippen molar-refractivity contribution in [1.82, 2.24) is 0 Å². The lowest BCUT2D eigenvalue weighted by Crippen LogP contribution is -2.51. The van der Waals surface area contributed by atoms with E-state index in [1.807, 2.05) is 0 Å². The molecule has 1 heterocycles. The summed E-state index contributed by atoms with van der Waals surface area (Å²) in [5, 5.41) is 9.75. The summed E-state index contributed by atoms with van der Waals surface area (Å²) in [4.78, 5) is 0. The van der Waals surface area contributed by atoms with Gasteiger partial charge in [-0.2, -0.15) is 13.2 Å². The normalized spacial score (nSPS) is 28.6. The molecule has 1 fully saturated rings. The van der Waals surface area contributed by atoms with Crippen LogP contribution in [0, 0.1) is 11.7 Å². The highest BCUT2D eigenvalue weighted by Gasteiger charge is 2.61. The monoisotopic (exact) mass is 293 g/mol. The zero-order valence-electron chi connectivity index (χ0n) is 10.5. The molecule has 112 valence electrons. The van der Waals surface area contributed by atoms with Crippen LogP contribution in [0.2, 0.25) is 0 Å². The molecule has 0 bridgehead atoms. The van der Waals surface area contributed by atoms with Gasteiger partial charge in [0.25, 0.3) is 0 Å². The second-order valence-corrected chi connectivity index (χ2v) is 5.00. The molecule has 2 rings (SSSR count). The molecular formula is C13H15F4NO2. The molecule has 0 spiro atoms. The van der Waals surface area contributed by atoms with Gasteiger partial charge in [0.2, 0.25) is 0 Å². The lowest BCUT2D eigenvalue weighted by molar-refractivity contribution is -0.271. The first-order valence-corrected chi connectivity index (χ1v) is 6.12. The van der Waals surface area contributed by atoms with E-state index in [2.05, 4.69) is 0 Å². The van der Waals surface area contributed by atoms with Crippen LogP contribution in [0.4, 0.5) is 17.6 Å². The fraction of sp³-hybridized carbons (Fsp3) is 0.538. The quantitative estimate of drug-likeness (QED) is 0.840. The van der Waals surface area contributed by atoms with Gasteiger partial charge in [0.05, 0.1) is 13.2 Å². The standard InChI is InChI=1S/C13H15F4NO2/c14-10-4-2-1-3-9(10)11(18)5-8-6-20-7-12(8,19)13(15,16)17/h1-4,8,11,19H,5-7,18H2/t8-,11?,12+/m0/s1. The Morgan fingerprint density at radius 2 is 2.05 bits per heavy atom. The molecule has 3 nitrogen and oxygen atoms in total. The van der Waals surface area contributed by atoms with Crippen molar-refractivity contribution >= 4 is 0 Å². The van der Waals surface area contributed by atoms with E-state index in [9.17, 15) is 22.7 Å². The number of hydrogen-bond acceptors (Lipinski definition) is 3. The first-order chi connectivity index (χ1) is 9.25. The van der Waals surface area contributed by atoms with Crippen molar-refractivity contribution in [2.24, 2.45) is 11.7 Å². The third-order valence-electron chi connectivity index (χ3n) is 3.65. The number of hydrogen-bond donors (Lipinski definition) is 2. The molecule has 3 N–H and O–H groups in total. The summed E-state index contributed by atoms with van der Waals surface area (Å²) in [5.41, 5.74) is 2.97. The Kier molecular flexibility index (Phi) is 4.04. The molecule has 0 amide bonds. The van der Waals surface area contributed by atoms with Gasteiger partial charge in [-0.05, 0) is 12.5 Å². The van der Waals surface area contributed by atoms with E-state index >= 15 is 0 Å². The summed E-state index contributed by atoms with van der Waals surface area (Å²) in [7, 11) is 0. The molecule has 3 atom stereocenters. The number of ether oxygens (including phenoxy) is 1. The first-order valence-electron chi connectivity index (χ1n) is 6.12. The maximum Gasteiger partial charge on any atom is 0.419 e. The smallest absolute Gasteiger partial charge is 0.378 e. The van der Waals surface area contributed by atoms with Gasteiger partial charge in [0.1, 0.15) is 5.82 Å². The minimum atomic E-state index is -4.80. The van der Waals surface area contributed by atoms with Crippen LogP contribution in [-0.4, -0.2) is 30.1 Å². The molecule has 0 radical (unpaired) electrons. The van der Waals surface area contributed by atoms with Gasteiger partial charge < -0.3 is 15.6 Å². The zero-order chi connectivity index (χ0) is 15.0. The van der Waals surface area contributed by atoms with Crippen LogP contribution in [0.5, 0.6) is 0 Å². The minimum absolute atomic E-state index is 0.129. The van der Waals surface area contributed by atoms with Crippen LogP contribution in [0.1, 0.15) is 18.0 Å². The first kappa shape index (κ1) is 15.2. The molecule has 0 aliphatic carbocycles. The van der Waals surface area contributed by atoms with E-state index in [1.165, 1.54) is 18.2 Å². The molecule has 1 aromatic rings. The van der Waals surface area contributed by atoms with E-state index in [0.29, 0.717) is 0 Å². The molecule has 1 aliphatic rings. The molecule has 1 saturated heterocycles. The summed E-state index contributed by atoms with van der Waals surface area (Å²) in [5.74, 6) is -1.79. The van der Waals surface area contributed by atoms with Crippen molar-refractivity contribution < 1.29 is 27.4 Å². The number of rotatable bonds is 3. The van der Waals surface area contributed by atoms with Gasteiger partial charge in [-0.25, -0.2) is 4.39 Å². The molecule has 7 heteroatoms. The highest BCUT2D eigenvalue weighted by atomic mass is 19.4. The predicted octanol–water partition coefficient (Wildman–Crippen LogP) is 2.16. The van der Waals surface area contributed by atoms with Gasteiger partial charge in [-0.15, -0.1) is 0 Å². The highest BCUT2D eigenvalue weighted by molar-refractivity contribution is 5.21. The topological polar surface area (TPSA) is 55.5 Å². The summed E-state index contributed by atoms with van der Waals surface area (Å²) in [6.45, 7) is -1.07. The van der Waals surface area contributed by atoms with Crippen LogP contribution >= 0.6 is 0 Å². The number of alkyl halides is 3. The second kappa shape index (κ2) is 5.31. The Morgan fingerprint density at radius 1 is 1.40 bits per heavy atom. The Hall–Kier alpha value is -1.18. The molecule has 0 saturated carbocycles. The molecule has 1 unspecified atom stereocenters. The van der Waals surface area contributed by atoms with Crippen molar-refractivity contribution in [2.75, 3.05) is 13.2 Å². The average molecular weight is 293 g/mol. The molecular weight excluding hydrogens is 278 g/mol. The van der Waals surface area contributed by atoms with Crippen molar-refractivity contribution in [3.05, 3.63) is 35.6 Å². The van der Waals surface area contributed by atoms with Crippen molar-refractivity contribution in [3.8, 4) is 0 Å². The lowest BCUT2D eigenvalue weighted by Gasteiger charge is -2.31. The predicted molar refractivity (Wildman–Crippen MR) is 63.3 cm³/mol. The van der Waals surface area contributed by atoms with Crippen molar-refractivity contribution in [1.29, 1.82) is 0 Å². The number of aliphatic hydroxyl groups is 1. The summed E-state index contributed by atoms with van der Waals surface area (Å²) in [6.07, 6.45) is -5.01. The van der Waals surface area contributed by atoms with E-state index < -0.39 is 36.2 Å². The van der Waals surface area contributed by atoms with Crippen LogP contribution in [0.15, 0.2) is 24.3 Å². The van der Waals surface area contributed by atoms with Gasteiger partial charge >= 0.3 is 6.18 Å². The van der Waals surface area contributed by atoms with Gasteiger partial charge in [0.15, 0.2) is 5.60 Å². The molecule has 1 aromatic carbocycles.